The number of nitrogen functional groups attached to an aromatic ring is 1. The van der Waals surface area contributed by atoms with Gasteiger partial charge in [-0.15, -0.1) is 0 Å². The number of hydrogen-bond acceptors (Lipinski definition) is 4. The highest BCUT2D eigenvalue weighted by Crippen LogP contribution is 2.37. The van der Waals surface area contributed by atoms with Crippen molar-refractivity contribution >= 4 is 5.69 Å². The summed E-state index contributed by atoms with van der Waals surface area (Å²) in [5, 5.41) is 0. The van der Waals surface area contributed by atoms with Gasteiger partial charge in [0.2, 0.25) is 0 Å². The monoisotopic (exact) mass is 312 g/mol. The minimum Gasteiger partial charge on any atom is -0.493 e. The molecule has 0 amide bonds. The Bertz CT molecular complexity index is 672. The van der Waals surface area contributed by atoms with Crippen molar-refractivity contribution in [1.82, 2.24) is 4.90 Å². The number of ether oxygens (including phenoxy) is 2. The van der Waals surface area contributed by atoms with E-state index in [9.17, 15) is 0 Å². The SMILES string of the molecule is COc1ccc(C2CCCN2Cc2cccc(N)c2)cc1OC. The van der Waals surface area contributed by atoms with E-state index in [0.717, 1.165) is 36.7 Å². The molecule has 1 aliphatic rings. The number of rotatable bonds is 5. The summed E-state index contributed by atoms with van der Waals surface area (Å²) in [6.07, 6.45) is 2.37. The van der Waals surface area contributed by atoms with Gasteiger partial charge in [0.25, 0.3) is 0 Å². The predicted molar refractivity (Wildman–Crippen MR) is 92.8 cm³/mol. The van der Waals surface area contributed by atoms with Crippen LogP contribution in [0.5, 0.6) is 11.5 Å². The average molecular weight is 312 g/mol. The summed E-state index contributed by atoms with van der Waals surface area (Å²) in [5.74, 6) is 1.57. The highest BCUT2D eigenvalue weighted by molar-refractivity contribution is 5.44. The maximum atomic E-state index is 5.90. The van der Waals surface area contributed by atoms with E-state index in [1.807, 2.05) is 18.2 Å². The van der Waals surface area contributed by atoms with Crippen LogP contribution in [0.3, 0.4) is 0 Å². The van der Waals surface area contributed by atoms with Gasteiger partial charge in [0.1, 0.15) is 0 Å². The fourth-order valence-electron chi connectivity index (χ4n) is 3.38. The van der Waals surface area contributed by atoms with Crippen molar-refractivity contribution in [3.63, 3.8) is 0 Å². The zero-order valence-electron chi connectivity index (χ0n) is 13.8. The molecule has 0 saturated carbocycles. The lowest BCUT2D eigenvalue weighted by Gasteiger charge is -2.25. The van der Waals surface area contributed by atoms with E-state index in [1.54, 1.807) is 14.2 Å². The zero-order chi connectivity index (χ0) is 16.2. The molecule has 1 atom stereocenters. The first-order valence-corrected chi connectivity index (χ1v) is 8.01. The van der Waals surface area contributed by atoms with E-state index >= 15 is 0 Å². The second kappa shape index (κ2) is 6.92. The van der Waals surface area contributed by atoms with Gasteiger partial charge in [0.05, 0.1) is 14.2 Å². The largest absolute Gasteiger partial charge is 0.493 e. The Balaban J connectivity index is 1.81. The molecule has 0 aliphatic carbocycles. The van der Waals surface area contributed by atoms with Crippen molar-refractivity contribution in [2.24, 2.45) is 0 Å². The Morgan fingerprint density at radius 3 is 2.65 bits per heavy atom. The average Bonchev–Trinajstić information content (AvgIpc) is 3.02. The molecule has 2 aromatic rings. The number of hydrogen-bond donors (Lipinski definition) is 1. The number of benzene rings is 2. The van der Waals surface area contributed by atoms with Crippen molar-refractivity contribution in [1.29, 1.82) is 0 Å². The first-order chi connectivity index (χ1) is 11.2. The van der Waals surface area contributed by atoms with E-state index in [-0.39, 0.29) is 0 Å². The molecule has 122 valence electrons. The summed E-state index contributed by atoms with van der Waals surface area (Å²) < 4.78 is 10.8. The fourth-order valence-corrected chi connectivity index (χ4v) is 3.38. The van der Waals surface area contributed by atoms with E-state index in [1.165, 1.54) is 17.5 Å². The molecule has 0 radical (unpaired) electrons. The molecule has 1 saturated heterocycles. The second-order valence-electron chi connectivity index (χ2n) is 5.99. The number of methoxy groups -OCH3 is 2. The Kier molecular flexibility index (Phi) is 4.72. The first kappa shape index (κ1) is 15.7. The molecule has 23 heavy (non-hydrogen) atoms. The Morgan fingerprint density at radius 1 is 1.09 bits per heavy atom. The highest BCUT2D eigenvalue weighted by Gasteiger charge is 2.26. The molecule has 1 fully saturated rings. The smallest absolute Gasteiger partial charge is 0.161 e. The lowest BCUT2D eigenvalue weighted by atomic mass is 10.0. The third kappa shape index (κ3) is 3.42. The van der Waals surface area contributed by atoms with Gasteiger partial charge in [-0.3, -0.25) is 4.90 Å². The van der Waals surface area contributed by atoms with Gasteiger partial charge in [0, 0.05) is 18.3 Å². The van der Waals surface area contributed by atoms with Gasteiger partial charge in [0.15, 0.2) is 11.5 Å². The lowest BCUT2D eigenvalue weighted by molar-refractivity contribution is 0.247. The Morgan fingerprint density at radius 2 is 1.91 bits per heavy atom. The molecule has 0 spiro atoms. The molecule has 1 heterocycles. The van der Waals surface area contributed by atoms with Gasteiger partial charge in [-0.1, -0.05) is 18.2 Å². The van der Waals surface area contributed by atoms with Gasteiger partial charge < -0.3 is 15.2 Å². The molecule has 2 aromatic carbocycles. The van der Waals surface area contributed by atoms with Crippen LogP contribution < -0.4 is 15.2 Å². The summed E-state index contributed by atoms with van der Waals surface area (Å²) >= 11 is 0. The van der Waals surface area contributed by atoms with Gasteiger partial charge in [-0.25, -0.2) is 0 Å². The van der Waals surface area contributed by atoms with Crippen LogP contribution in [-0.2, 0) is 6.54 Å². The third-order valence-corrected chi connectivity index (χ3v) is 4.49. The normalized spacial score (nSPS) is 18.1. The second-order valence-corrected chi connectivity index (χ2v) is 5.99. The molecular weight excluding hydrogens is 288 g/mol. The van der Waals surface area contributed by atoms with Crippen LogP contribution in [0.4, 0.5) is 5.69 Å². The van der Waals surface area contributed by atoms with Gasteiger partial charge in [-0.05, 0) is 54.8 Å². The van der Waals surface area contributed by atoms with E-state index < -0.39 is 0 Å². The first-order valence-electron chi connectivity index (χ1n) is 8.01. The molecule has 1 unspecified atom stereocenters. The lowest BCUT2D eigenvalue weighted by Crippen LogP contribution is -2.22. The van der Waals surface area contributed by atoms with Crippen LogP contribution in [0.25, 0.3) is 0 Å². The molecule has 4 heteroatoms. The Hall–Kier alpha value is -2.20. The summed E-state index contributed by atoms with van der Waals surface area (Å²) in [7, 11) is 3.35. The molecule has 0 aromatic heterocycles. The topological polar surface area (TPSA) is 47.7 Å². The summed E-state index contributed by atoms with van der Waals surface area (Å²) in [6.45, 7) is 2.03. The molecule has 2 N–H and O–H groups in total. The van der Waals surface area contributed by atoms with Crippen molar-refractivity contribution in [3.8, 4) is 11.5 Å². The maximum Gasteiger partial charge on any atom is 0.161 e. The van der Waals surface area contributed by atoms with Crippen LogP contribution in [0.15, 0.2) is 42.5 Å². The van der Waals surface area contributed by atoms with Gasteiger partial charge in [-0.2, -0.15) is 0 Å². The molecular formula is C19H24N2O2. The third-order valence-electron chi connectivity index (χ3n) is 4.49. The maximum absolute atomic E-state index is 5.90. The molecule has 1 aliphatic heterocycles. The van der Waals surface area contributed by atoms with Crippen LogP contribution in [0.2, 0.25) is 0 Å². The minimum atomic E-state index is 0.413. The van der Waals surface area contributed by atoms with Crippen molar-refractivity contribution in [2.45, 2.75) is 25.4 Å². The predicted octanol–water partition coefficient (Wildman–Crippen LogP) is 3.62. The van der Waals surface area contributed by atoms with Crippen LogP contribution in [0, 0.1) is 0 Å². The number of likely N-dealkylation sites (tertiary alicyclic amines) is 1. The van der Waals surface area contributed by atoms with E-state index in [2.05, 4.69) is 29.2 Å². The molecule has 3 rings (SSSR count). The van der Waals surface area contributed by atoms with Crippen molar-refractivity contribution in [3.05, 3.63) is 53.6 Å². The van der Waals surface area contributed by atoms with E-state index in [0.29, 0.717) is 6.04 Å². The fraction of sp³-hybridized carbons (Fsp3) is 0.368. The van der Waals surface area contributed by atoms with Crippen molar-refractivity contribution in [2.75, 3.05) is 26.5 Å². The Labute approximate surface area is 137 Å². The van der Waals surface area contributed by atoms with Crippen LogP contribution >= 0.6 is 0 Å². The molecule has 4 nitrogen and oxygen atoms in total. The summed E-state index contributed by atoms with van der Waals surface area (Å²) in [4.78, 5) is 2.51. The highest BCUT2D eigenvalue weighted by atomic mass is 16.5. The van der Waals surface area contributed by atoms with Crippen molar-refractivity contribution < 1.29 is 9.47 Å². The number of anilines is 1. The quantitative estimate of drug-likeness (QED) is 0.857. The zero-order valence-corrected chi connectivity index (χ0v) is 13.8. The van der Waals surface area contributed by atoms with Gasteiger partial charge >= 0.3 is 0 Å². The van der Waals surface area contributed by atoms with E-state index in [4.69, 9.17) is 15.2 Å². The summed E-state index contributed by atoms with van der Waals surface area (Å²) in [6, 6.07) is 14.8. The van der Waals surface area contributed by atoms with Crippen LogP contribution in [-0.4, -0.2) is 25.7 Å². The summed E-state index contributed by atoms with van der Waals surface area (Å²) in [5.41, 5.74) is 9.27. The molecule has 0 bridgehead atoms. The number of nitrogens with two attached hydrogens (primary N) is 1. The minimum absolute atomic E-state index is 0.413. The van der Waals surface area contributed by atoms with Crippen LogP contribution in [0.1, 0.15) is 30.0 Å². The number of nitrogens with zero attached hydrogens (tertiary/aromatic N) is 1. The standard InChI is InChI=1S/C19H24N2O2/c1-22-18-9-8-15(12-19(18)23-2)17-7-4-10-21(17)13-14-5-3-6-16(20)11-14/h3,5-6,8-9,11-12,17H,4,7,10,13,20H2,1-2H3.